The molecule has 4 rings (SSSR count). The van der Waals surface area contributed by atoms with Gasteiger partial charge in [-0.2, -0.15) is 0 Å². The molecule has 1 aromatic heterocycles. The number of aryl methyl sites for hydroxylation is 1. The molecule has 2 aliphatic rings. The van der Waals surface area contributed by atoms with E-state index in [9.17, 15) is 9.59 Å². The van der Waals surface area contributed by atoms with Crippen molar-refractivity contribution in [2.75, 3.05) is 33.7 Å². The maximum atomic E-state index is 13.9. The lowest BCUT2D eigenvalue weighted by Crippen LogP contribution is -2.59. The van der Waals surface area contributed by atoms with Crippen LogP contribution in [0, 0.1) is 6.92 Å². The molecule has 3 heterocycles. The molecular weight excluding hydrogens is 414 g/mol. The van der Waals surface area contributed by atoms with Crippen LogP contribution >= 0.6 is 0 Å². The number of rotatable bonds is 5. The molecule has 1 atom stereocenters. The Morgan fingerprint density at radius 2 is 1.76 bits per heavy atom. The highest BCUT2D eigenvalue weighted by atomic mass is 16.2. The Hall–Kier alpha value is -2.80. The first kappa shape index (κ1) is 23.4. The zero-order valence-corrected chi connectivity index (χ0v) is 20.2. The largest absolute Gasteiger partial charge is 0.354 e. The third kappa shape index (κ3) is 4.51. The molecule has 0 bridgehead atoms. The fourth-order valence-electron chi connectivity index (χ4n) is 5.32. The van der Waals surface area contributed by atoms with Crippen molar-refractivity contribution in [3.8, 4) is 0 Å². The fourth-order valence-corrected chi connectivity index (χ4v) is 5.32. The summed E-state index contributed by atoms with van der Waals surface area (Å²) in [6, 6.07) is 12.1. The zero-order valence-electron chi connectivity index (χ0n) is 20.2. The van der Waals surface area contributed by atoms with E-state index in [1.165, 1.54) is 5.56 Å². The number of likely N-dealkylation sites (tertiary alicyclic amines) is 2. The first-order valence-electron chi connectivity index (χ1n) is 11.9. The topological polar surface area (TPSA) is 78.4 Å². The summed E-state index contributed by atoms with van der Waals surface area (Å²) < 4.78 is 0. The van der Waals surface area contributed by atoms with Crippen molar-refractivity contribution in [1.29, 1.82) is 0 Å². The highest BCUT2D eigenvalue weighted by Crippen LogP contribution is 2.38. The second-order valence-corrected chi connectivity index (χ2v) is 9.87. The first-order valence-corrected chi connectivity index (χ1v) is 11.9. The quantitative estimate of drug-likeness (QED) is 0.759. The number of piperidine rings is 1. The molecule has 7 heteroatoms. The van der Waals surface area contributed by atoms with Gasteiger partial charge < -0.3 is 10.2 Å². The average Bonchev–Trinajstić information content (AvgIpc) is 3.19. The van der Waals surface area contributed by atoms with Gasteiger partial charge in [-0.05, 0) is 64.3 Å². The summed E-state index contributed by atoms with van der Waals surface area (Å²) in [5.41, 5.74) is 1.65. The van der Waals surface area contributed by atoms with E-state index in [2.05, 4.69) is 46.3 Å². The van der Waals surface area contributed by atoms with Gasteiger partial charge in [-0.15, -0.1) is 0 Å². The van der Waals surface area contributed by atoms with Crippen LogP contribution in [0.5, 0.6) is 0 Å². The summed E-state index contributed by atoms with van der Waals surface area (Å²) in [5, 5.41) is 2.65. The molecule has 1 N–H and O–H groups in total. The molecule has 2 amide bonds. The summed E-state index contributed by atoms with van der Waals surface area (Å²) in [7, 11) is 3.69. The summed E-state index contributed by atoms with van der Waals surface area (Å²) in [6.45, 7) is 6.34. The van der Waals surface area contributed by atoms with E-state index in [4.69, 9.17) is 0 Å². The normalized spacial score (nSPS) is 22.8. The molecule has 0 radical (unpaired) electrons. The Morgan fingerprint density at radius 1 is 1.06 bits per heavy atom. The number of benzene rings is 1. The Morgan fingerprint density at radius 3 is 2.36 bits per heavy atom. The molecule has 33 heavy (non-hydrogen) atoms. The minimum atomic E-state index is -0.471. The number of carbonyl (C=O) groups is 2. The van der Waals surface area contributed by atoms with Crippen LogP contribution in [0.3, 0.4) is 0 Å². The van der Waals surface area contributed by atoms with Crippen LogP contribution in [0.1, 0.15) is 60.2 Å². The van der Waals surface area contributed by atoms with Crippen molar-refractivity contribution in [1.82, 2.24) is 25.1 Å². The standard InChI is InChI=1S/C26H35N5O2/c1-19-17-21(22(32)27-3)29-23(28-19)25(2)12-15-31(16-13-25)24(33)26(11-8-14-30(26)4)18-20-9-6-5-7-10-20/h5-7,9-10,17H,8,11-16,18H2,1-4H3,(H,27,32)/t26-/m1/s1. The number of nitrogens with zero attached hydrogens (tertiary/aromatic N) is 4. The SMILES string of the molecule is CNC(=O)c1cc(C)nc(C2(C)CCN(C(=O)[C@]3(Cc4ccccc4)CCCN3C)CC2)n1. The maximum absolute atomic E-state index is 13.9. The van der Waals surface area contributed by atoms with Crippen LogP contribution in [0.15, 0.2) is 36.4 Å². The third-order valence-electron chi connectivity index (χ3n) is 7.56. The number of hydrogen-bond donors (Lipinski definition) is 1. The van der Waals surface area contributed by atoms with Crippen LogP contribution < -0.4 is 5.32 Å². The van der Waals surface area contributed by atoms with Crippen molar-refractivity contribution < 1.29 is 9.59 Å². The van der Waals surface area contributed by atoms with Crippen molar-refractivity contribution >= 4 is 11.8 Å². The minimum Gasteiger partial charge on any atom is -0.354 e. The van der Waals surface area contributed by atoms with Crippen molar-refractivity contribution in [2.45, 2.75) is 56.9 Å². The van der Waals surface area contributed by atoms with Gasteiger partial charge >= 0.3 is 0 Å². The highest BCUT2D eigenvalue weighted by molar-refractivity contribution is 5.92. The summed E-state index contributed by atoms with van der Waals surface area (Å²) >= 11 is 0. The maximum Gasteiger partial charge on any atom is 0.269 e. The van der Waals surface area contributed by atoms with Crippen molar-refractivity contribution in [3.05, 3.63) is 59.2 Å². The minimum absolute atomic E-state index is 0.204. The van der Waals surface area contributed by atoms with E-state index in [0.717, 1.165) is 44.3 Å². The van der Waals surface area contributed by atoms with Crippen LogP contribution in [0.25, 0.3) is 0 Å². The zero-order chi connectivity index (χ0) is 23.6. The number of amides is 2. The van der Waals surface area contributed by atoms with Crippen molar-refractivity contribution in [2.24, 2.45) is 0 Å². The monoisotopic (exact) mass is 449 g/mol. The number of carbonyl (C=O) groups excluding carboxylic acids is 2. The highest BCUT2D eigenvalue weighted by Gasteiger charge is 2.49. The van der Waals surface area contributed by atoms with E-state index in [-0.39, 0.29) is 17.2 Å². The Kier molecular flexibility index (Phi) is 6.52. The van der Waals surface area contributed by atoms with Crippen molar-refractivity contribution in [3.63, 3.8) is 0 Å². The summed E-state index contributed by atoms with van der Waals surface area (Å²) in [6.07, 6.45) is 4.23. The predicted octanol–water partition coefficient (Wildman–Crippen LogP) is 2.73. The number of likely N-dealkylation sites (N-methyl/N-ethyl adjacent to an activating group) is 1. The molecule has 7 nitrogen and oxygen atoms in total. The van der Waals surface area contributed by atoms with Crippen LogP contribution in [0.4, 0.5) is 0 Å². The van der Waals surface area contributed by atoms with E-state index < -0.39 is 5.54 Å². The smallest absolute Gasteiger partial charge is 0.269 e. The van der Waals surface area contributed by atoms with Gasteiger partial charge in [0.1, 0.15) is 17.1 Å². The summed E-state index contributed by atoms with van der Waals surface area (Å²) in [5.74, 6) is 0.736. The molecule has 1 aromatic carbocycles. The molecule has 0 spiro atoms. The second-order valence-electron chi connectivity index (χ2n) is 9.87. The summed E-state index contributed by atoms with van der Waals surface area (Å²) in [4.78, 5) is 39.6. The van der Waals surface area contributed by atoms with Crippen LogP contribution in [0.2, 0.25) is 0 Å². The van der Waals surface area contributed by atoms with Gasteiger partial charge in [-0.1, -0.05) is 37.3 Å². The van der Waals surface area contributed by atoms with Crippen LogP contribution in [-0.4, -0.2) is 70.9 Å². The first-order chi connectivity index (χ1) is 15.8. The van der Waals surface area contributed by atoms with E-state index in [0.29, 0.717) is 24.6 Å². The van der Waals surface area contributed by atoms with E-state index in [1.54, 1.807) is 13.1 Å². The lowest BCUT2D eigenvalue weighted by atomic mass is 9.78. The third-order valence-corrected chi connectivity index (χ3v) is 7.56. The molecule has 2 aliphatic heterocycles. The number of hydrogen-bond acceptors (Lipinski definition) is 5. The molecular formula is C26H35N5O2. The molecule has 2 saturated heterocycles. The van der Waals surface area contributed by atoms with Gasteiger partial charge in [-0.3, -0.25) is 14.5 Å². The second kappa shape index (κ2) is 9.21. The van der Waals surface area contributed by atoms with Gasteiger partial charge in [0.05, 0.1) is 0 Å². The fraction of sp³-hybridized carbons (Fsp3) is 0.538. The van der Waals surface area contributed by atoms with Crippen LogP contribution in [-0.2, 0) is 16.6 Å². The molecule has 2 aromatic rings. The van der Waals surface area contributed by atoms with Gasteiger partial charge in [0.25, 0.3) is 5.91 Å². The number of nitrogens with one attached hydrogen (secondary N) is 1. The van der Waals surface area contributed by atoms with Gasteiger partial charge in [0.15, 0.2) is 0 Å². The number of aromatic nitrogens is 2. The molecule has 0 aliphatic carbocycles. The van der Waals surface area contributed by atoms with Gasteiger partial charge in [0.2, 0.25) is 5.91 Å². The Bertz CT molecular complexity index is 1020. The van der Waals surface area contributed by atoms with Gasteiger partial charge in [-0.25, -0.2) is 9.97 Å². The average molecular weight is 450 g/mol. The van der Waals surface area contributed by atoms with Gasteiger partial charge in [0, 0.05) is 31.2 Å². The molecule has 2 fully saturated rings. The molecule has 0 unspecified atom stereocenters. The molecule has 0 saturated carbocycles. The Balaban J connectivity index is 1.52. The predicted molar refractivity (Wildman–Crippen MR) is 128 cm³/mol. The molecule has 176 valence electrons. The Labute approximate surface area is 196 Å². The lowest BCUT2D eigenvalue weighted by molar-refractivity contribution is -0.144. The van der Waals surface area contributed by atoms with E-state index in [1.807, 2.05) is 30.0 Å². The lowest BCUT2D eigenvalue weighted by Gasteiger charge is -2.44. The van der Waals surface area contributed by atoms with E-state index >= 15 is 0 Å².